The summed E-state index contributed by atoms with van der Waals surface area (Å²) in [5, 5.41) is 3.24. The Labute approximate surface area is 98.3 Å². The van der Waals surface area contributed by atoms with E-state index in [1.807, 2.05) is 6.92 Å². The smallest absolute Gasteiger partial charge is 0.339 e. The highest BCUT2D eigenvalue weighted by atomic mass is 19.4. The molecule has 2 aliphatic rings. The van der Waals surface area contributed by atoms with Gasteiger partial charge in [0.25, 0.3) is 0 Å². The number of rotatable bonds is 2. The van der Waals surface area contributed by atoms with Crippen LogP contribution in [0.3, 0.4) is 0 Å². The van der Waals surface area contributed by atoms with Gasteiger partial charge in [-0.15, -0.1) is 0 Å². The van der Waals surface area contributed by atoms with Crippen LogP contribution in [0.2, 0.25) is 0 Å². The fraction of sp³-hybridized carbons (Fsp3) is 0.909. The zero-order valence-corrected chi connectivity index (χ0v) is 9.76. The van der Waals surface area contributed by atoms with Crippen molar-refractivity contribution in [2.45, 2.75) is 32.0 Å². The number of hydrogen-bond acceptors (Lipinski definition) is 2. The summed E-state index contributed by atoms with van der Waals surface area (Å²) >= 11 is 0. The van der Waals surface area contributed by atoms with E-state index < -0.39 is 18.5 Å². The van der Waals surface area contributed by atoms with Gasteiger partial charge in [-0.1, -0.05) is 6.92 Å². The van der Waals surface area contributed by atoms with Gasteiger partial charge in [-0.3, -0.25) is 4.79 Å². The molecule has 0 aliphatic carbocycles. The first-order valence-corrected chi connectivity index (χ1v) is 5.99. The summed E-state index contributed by atoms with van der Waals surface area (Å²) in [5.41, 5.74) is 0. The highest BCUT2D eigenvalue weighted by Crippen LogP contribution is 2.35. The summed E-state index contributed by atoms with van der Waals surface area (Å²) in [4.78, 5) is 13.1. The molecule has 0 aromatic rings. The Morgan fingerprint density at radius 3 is 2.71 bits per heavy atom. The molecule has 0 aromatic heterocycles. The lowest BCUT2D eigenvalue weighted by Gasteiger charge is -2.27. The Kier molecular flexibility index (Phi) is 3.34. The number of likely N-dealkylation sites (tertiary alicyclic amines) is 1. The van der Waals surface area contributed by atoms with Crippen LogP contribution in [0, 0.1) is 11.8 Å². The van der Waals surface area contributed by atoms with E-state index in [9.17, 15) is 18.0 Å². The van der Waals surface area contributed by atoms with Gasteiger partial charge < -0.3 is 10.2 Å². The van der Waals surface area contributed by atoms with E-state index in [0.29, 0.717) is 18.4 Å². The van der Waals surface area contributed by atoms with Crippen LogP contribution in [-0.2, 0) is 4.79 Å². The average molecular weight is 250 g/mol. The topological polar surface area (TPSA) is 32.3 Å². The molecule has 0 bridgehead atoms. The SMILES string of the molecule is CCC1C2CNCC2CN1C(=O)CC(F)(F)F. The number of nitrogens with one attached hydrogen (secondary N) is 1. The lowest BCUT2D eigenvalue weighted by Crippen LogP contribution is -2.41. The first-order valence-electron chi connectivity index (χ1n) is 5.99. The quantitative estimate of drug-likeness (QED) is 0.803. The number of nitrogens with zero attached hydrogens (tertiary/aromatic N) is 1. The van der Waals surface area contributed by atoms with E-state index in [0.717, 1.165) is 19.5 Å². The van der Waals surface area contributed by atoms with Gasteiger partial charge in [-0.2, -0.15) is 13.2 Å². The number of hydrogen-bond donors (Lipinski definition) is 1. The zero-order chi connectivity index (χ0) is 12.6. The van der Waals surface area contributed by atoms with Crippen LogP contribution >= 0.6 is 0 Å². The van der Waals surface area contributed by atoms with Crippen molar-refractivity contribution in [3.8, 4) is 0 Å². The zero-order valence-electron chi connectivity index (χ0n) is 9.76. The van der Waals surface area contributed by atoms with Gasteiger partial charge in [0.2, 0.25) is 5.91 Å². The first kappa shape index (κ1) is 12.7. The lowest BCUT2D eigenvalue weighted by molar-refractivity contribution is -0.162. The summed E-state index contributed by atoms with van der Waals surface area (Å²) < 4.78 is 36.7. The Hall–Kier alpha value is -0.780. The van der Waals surface area contributed by atoms with Crippen LogP contribution in [0.1, 0.15) is 19.8 Å². The molecule has 3 unspecified atom stereocenters. The molecular formula is C11H17F3N2O. The molecule has 2 aliphatic heterocycles. The van der Waals surface area contributed by atoms with Gasteiger partial charge in [-0.05, 0) is 18.3 Å². The van der Waals surface area contributed by atoms with Crippen molar-refractivity contribution in [3.05, 3.63) is 0 Å². The third kappa shape index (κ3) is 2.56. The van der Waals surface area contributed by atoms with Crippen LogP contribution in [0.5, 0.6) is 0 Å². The largest absolute Gasteiger partial charge is 0.397 e. The average Bonchev–Trinajstić information content (AvgIpc) is 2.72. The molecule has 2 saturated heterocycles. The monoisotopic (exact) mass is 250 g/mol. The molecule has 0 aromatic carbocycles. The number of amides is 1. The van der Waals surface area contributed by atoms with Crippen molar-refractivity contribution in [1.29, 1.82) is 0 Å². The summed E-state index contributed by atoms with van der Waals surface area (Å²) in [6.45, 7) is 4.04. The van der Waals surface area contributed by atoms with Crippen LogP contribution in [0.4, 0.5) is 13.2 Å². The summed E-state index contributed by atoms with van der Waals surface area (Å²) in [6.07, 6.45) is -4.99. The van der Waals surface area contributed by atoms with Gasteiger partial charge in [0.1, 0.15) is 6.42 Å². The molecule has 6 heteroatoms. The van der Waals surface area contributed by atoms with Crippen LogP contribution in [0.25, 0.3) is 0 Å². The van der Waals surface area contributed by atoms with Gasteiger partial charge in [0.15, 0.2) is 0 Å². The molecule has 0 radical (unpaired) electrons. The van der Waals surface area contributed by atoms with Crippen molar-refractivity contribution >= 4 is 5.91 Å². The van der Waals surface area contributed by atoms with Gasteiger partial charge in [0.05, 0.1) is 0 Å². The normalized spacial score (nSPS) is 32.9. The third-order valence-electron chi connectivity index (χ3n) is 3.81. The number of halogens is 3. The minimum absolute atomic E-state index is 0.0233. The second-order valence-corrected chi connectivity index (χ2v) is 4.90. The minimum atomic E-state index is -4.40. The molecule has 3 nitrogen and oxygen atoms in total. The standard InChI is InChI=1S/C11H17F3N2O/c1-2-9-8-5-15-4-7(8)6-16(9)10(17)3-11(12,13)14/h7-9,15H,2-6H2,1H3. The van der Waals surface area contributed by atoms with E-state index >= 15 is 0 Å². The summed E-state index contributed by atoms with van der Waals surface area (Å²) in [7, 11) is 0. The maximum atomic E-state index is 12.2. The van der Waals surface area contributed by atoms with E-state index in [-0.39, 0.29) is 6.04 Å². The van der Waals surface area contributed by atoms with E-state index in [2.05, 4.69) is 5.32 Å². The predicted molar refractivity (Wildman–Crippen MR) is 56.3 cm³/mol. The van der Waals surface area contributed by atoms with Crippen molar-refractivity contribution < 1.29 is 18.0 Å². The van der Waals surface area contributed by atoms with Crippen molar-refractivity contribution in [3.63, 3.8) is 0 Å². The summed E-state index contributed by atoms with van der Waals surface area (Å²) in [5.74, 6) is -0.104. The van der Waals surface area contributed by atoms with Crippen LogP contribution in [-0.4, -0.2) is 42.7 Å². The Morgan fingerprint density at radius 1 is 1.41 bits per heavy atom. The number of carbonyl (C=O) groups is 1. The van der Waals surface area contributed by atoms with Gasteiger partial charge in [-0.25, -0.2) is 0 Å². The molecule has 1 amide bonds. The van der Waals surface area contributed by atoms with Crippen LogP contribution in [0.15, 0.2) is 0 Å². The molecule has 2 heterocycles. The van der Waals surface area contributed by atoms with E-state index in [1.54, 1.807) is 0 Å². The highest BCUT2D eigenvalue weighted by molar-refractivity contribution is 5.77. The molecule has 0 saturated carbocycles. The number of alkyl halides is 3. The third-order valence-corrected chi connectivity index (χ3v) is 3.81. The van der Waals surface area contributed by atoms with Gasteiger partial charge >= 0.3 is 6.18 Å². The molecular weight excluding hydrogens is 233 g/mol. The predicted octanol–water partition coefficient (Wildman–Crippen LogP) is 1.40. The van der Waals surface area contributed by atoms with Crippen molar-refractivity contribution in [1.82, 2.24) is 10.2 Å². The van der Waals surface area contributed by atoms with E-state index in [1.165, 1.54) is 4.90 Å². The maximum Gasteiger partial charge on any atom is 0.397 e. The lowest BCUT2D eigenvalue weighted by atomic mass is 9.93. The first-order chi connectivity index (χ1) is 7.92. The van der Waals surface area contributed by atoms with E-state index in [4.69, 9.17) is 0 Å². The molecule has 0 spiro atoms. The fourth-order valence-corrected chi connectivity index (χ4v) is 3.11. The molecule has 2 rings (SSSR count). The number of carbonyl (C=O) groups excluding carboxylic acids is 1. The maximum absolute atomic E-state index is 12.2. The second kappa shape index (κ2) is 4.48. The fourth-order valence-electron chi connectivity index (χ4n) is 3.11. The Bertz CT molecular complexity index is 306. The molecule has 2 fully saturated rings. The minimum Gasteiger partial charge on any atom is -0.339 e. The van der Waals surface area contributed by atoms with Gasteiger partial charge in [0, 0.05) is 25.7 Å². The molecule has 3 atom stereocenters. The molecule has 17 heavy (non-hydrogen) atoms. The van der Waals surface area contributed by atoms with Crippen molar-refractivity contribution in [2.75, 3.05) is 19.6 Å². The highest BCUT2D eigenvalue weighted by Gasteiger charge is 2.46. The Morgan fingerprint density at radius 2 is 2.12 bits per heavy atom. The Balaban J connectivity index is 2.03. The molecule has 1 N–H and O–H groups in total. The second-order valence-electron chi connectivity index (χ2n) is 4.90. The van der Waals surface area contributed by atoms with Crippen LogP contribution < -0.4 is 5.32 Å². The summed E-state index contributed by atoms with van der Waals surface area (Å²) in [6, 6.07) is -0.0233. The molecule has 98 valence electrons. The number of fused-ring (bicyclic) bond motifs is 1. The van der Waals surface area contributed by atoms with Crippen molar-refractivity contribution in [2.24, 2.45) is 11.8 Å².